The molecular weight excluding hydrogens is 425 g/mol. The highest BCUT2D eigenvalue weighted by molar-refractivity contribution is 7.91. The molecule has 29 heavy (non-hydrogen) atoms. The molecule has 2 heterocycles. The number of benzene rings is 1. The molecule has 0 aliphatic heterocycles. The van der Waals surface area contributed by atoms with Crippen molar-refractivity contribution in [2.75, 3.05) is 11.1 Å². The maximum absolute atomic E-state index is 13.0. The molecule has 0 saturated heterocycles. The smallest absolute Gasteiger partial charge is 0.352 e. The number of rotatable bonds is 5. The summed E-state index contributed by atoms with van der Waals surface area (Å²) < 4.78 is 65.9. The molecule has 1 N–H and O–H groups in total. The Morgan fingerprint density at radius 3 is 2.55 bits per heavy atom. The Morgan fingerprint density at radius 2 is 1.97 bits per heavy atom. The molecule has 154 valence electrons. The van der Waals surface area contributed by atoms with Crippen molar-refractivity contribution in [2.24, 2.45) is 7.05 Å². The third-order valence-corrected chi connectivity index (χ3v) is 6.44. The van der Waals surface area contributed by atoms with Crippen molar-refractivity contribution in [3.05, 3.63) is 35.7 Å². The maximum Gasteiger partial charge on any atom is 0.433 e. The Morgan fingerprint density at radius 1 is 1.28 bits per heavy atom. The summed E-state index contributed by atoms with van der Waals surface area (Å²) >= 11 is 4.79. The molecular formula is C18H17F3N4O2S2. The van der Waals surface area contributed by atoms with E-state index in [4.69, 9.17) is 12.2 Å². The molecule has 3 rings (SSSR count). The zero-order valence-electron chi connectivity index (χ0n) is 15.7. The maximum atomic E-state index is 13.0. The minimum absolute atomic E-state index is 0.0207. The summed E-state index contributed by atoms with van der Waals surface area (Å²) in [6, 6.07) is 3.94. The predicted octanol–water partition coefficient (Wildman–Crippen LogP) is 4.13. The quantitative estimate of drug-likeness (QED) is 0.599. The number of imidazole rings is 1. The van der Waals surface area contributed by atoms with Crippen molar-refractivity contribution in [1.29, 1.82) is 0 Å². The lowest BCUT2D eigenvalue weighted by molar-refractivity contribution is -0.141. The summed E-state index contributed by atoms with van der Waals surface area (Å²) in [5.41, 5.74) is 2.16. The normalized spacial score (nSPS) is 12.3. The van der Waals surface area contributed by atoms with Crippen molar-refractivity contribution in [3.63, 3.8) is 0 Å². The fourth-order valence-corrected chi connectivity index (χ4v) is 4.20. The van der Waals surface area contributed by atoms with Gasteiger partial charge in [-0.1, -0.05) is 19.1 Å². The molecule has 0 atom stereocenters. The summed E-state index contributed by atoms with van der Waals surface area (Å²) in [5.74, 6) is 0.0780. The van der Waals surface area contributed by atoms with Crippen molar-refractivity contribution in [2.45, 2.75) is 24.9 Å². The number of halogens is 3. The summed E-state index contributed by atoms with van der Waals surface area (Å²) in [6.07, 6.45) is -3.52. The summed E-state index contributed by atoms with van der Waals surface area (Å²) in [5, 5.41) is 2.82. The van der Waals surface area contributed by atoms with Gasteiger partial charge in [0.1, 0.15) is 11.5 Å². The van der Waals surface area contributed by atoms with E-state index in [1.54, 1.807) is 20.0 Å². The minimum atomic E-state index is -4.60. The number of sulfone groups is 1. The van der Waals surface area contributed by atoms with Crippen LogP contribution in [-0.2, 0) is 23.1 Å². The van der Waals surface area contributed by atoms with Crippen molar-refractivity contribution < 1.29 is 21.6 Å². The van der Waals surface area contributed by atoms with E-state index in [-0.39, 0.29) is 22.0 Å². The Labute approximate surface area is 170 Å². The van der Waals surface area contributed by atoms with Crippen molar-refractivity contribution in [1.82, 2.24) is 14.5 Å². The third-order valence-electron chi connectivity index (χ3n) is 4.55. The van der Waals surface area contributed by atoms with Gasteiger partial charge in [0.05, 0.1) is 33.4 Å². The van der Waals surface area contributed by atoms with Crippen molar-refractivity contribution in [3.8, 4) is 11.4 Å². The first-order chi connectivity index (χ1) is 13.5. The molecule has 0 radical (unpaired) electrons. The van der Waals surface area contributed by atoms with Gasteiger partial charge < -0.3 is 9.88 Å². The number of pyridine rings is 1. The lowest BCUT2D eigenvalue weighted by Crippen LogP contribution is -2.09. The summed E-state index contributed by atoms with van der Waals surface area (Å²) in [4.78, 5) is 7.77. The number of hydrogen-bond donors (Lipinski definition) is 1. The van der Waals surface area contributed by atoms with E-state index in [1.807, 2.05) is 0 Å². The van der Waals surface area contributed by atoms with Crippen LogP contribution in [0.3, 0.4) is 0 Å². The largest absolute Gasteiger partial charge is 0.433 e. The van der Waals surface area contributed by atoms with Gasteiger partial charge in [0.2, 0.25) is 0 Å². The molecule has 0 spiro atoms. The summed E-state index contributed by atoms with van der Waals surface area (Å²) in [7, 11) is -2.06. The number of hydrogen-bond acceptors (Lipinski definition) is 5. The summed E-state index contributed by atoms with van der Waals surface area (Å²) in [6.45, 7) is 3.28. The topological polar surface area (TPSA) is 76.9 Å². The van der Waals surface area contributed by atoms with Crippen LogP contribution in [0.1, 0.15) is 18.2 Å². The number of nitrogens with zero attached hydrogens (tertiary/aromatic N) is 3. The highest BCUT2D eigenvalue weighted by Gasteiger charge is 2.33. The number of alkyl halides is 3. The molecule has 11 heteroatoms. The SMILES string of the molecule is CCS(=O)(=O)c1cc(NC=S)c(C)cc1-c1nc2cc(C(F)(F)F)ncc2n1C. The second kappa shape index (κ2) is 7.38. The van der Waals surface area contributed by atoms with Crippen LogP contribution in [0.5, 0.6) is 0 Å². The van der Waals surface area contributed by atoms with Gasteiger partial charge >= 0.3 is 6.18 Å². The highest BCUT2D eigenvalue weighted by Crippen LogP contribution is 2.35. The van der Waals surface area contributed by atoms with E-state index >= 15 is 0 Å². The number of thiocarbonyl (C=S) groups is 1. The molecule has 0 unspecified atom stereocenters. The molecule has 0 aliphatic carbocycles. The van der Waals surface area contributed by atoms with Crippen LogP contribution in [0, 0.1) is 6.92 Å². The van der Waals surface area contributed by atoms with Gasteiger partial charge in [-0.15, -0.1) is 0 Å². The van der Waals surface area contributed by atoms with Crippen LogP contribution in [0.25, 0.3) is 22.4 Å². The molecule has 3 aromatic rings. The second-order valence-corrected chi connectivity index (χ2v) is 8.86. The van der Waals surface area contributed by atoms with Gasteiger partial charge in [-0.2, -0.15) is 13.2 Å². The lowest BCUT2D eigenvalue weighted by atomic mass is 10.1. The number of aryl methyl sites for hydroxylation is 2. The van der Waals surface area contributed by atoms with Crippen LogP contribution in [0.4, 0.5) is 18.9 Å². The zero-order valence-corrected chi connectivity index (χ0v) is 17.3. The first-order valence-electron chi connectivity index (χ1n) is 8.47. The van der Waals surface area contributed by atoms with Crippen LogP contribution in [-0.4, -0.2) is 34.2 Å². The van der Waals surface area contributed by atoms with Gasteiger partial charge in [0.25, 0.3) is 0 Å². The molecule has 0 saturated carbocycles. The lowest BCUT2D eigenvalue weighted by Gasteiger charge is -2.14. The van der Waals surface area contributed by atoms with Crippen LogP contribution < -0.4 is 5.32 Å². The Bertz CT molecular complexity index is 1220. The standard InChI is InChI=1S/C18H17F3N4O2S2/c1-4-29(26,27)15-6-12(23-9-28)10(2)5-11(15)17-24-13-7-16(18(19,20)21)22-8-14(13)25(17)3/h5-9H,4H2,1-3H3,(H,23,28). The number of nitrogens with one attached hydrogen (secondary N) is 1. The molecule has 1 aromatic carbocycles. The van der Waals surface area contributed by atoms with E-state index in [9.17, 15) is 21.6 Å². The number of fused-ring (bicyclic) bond motifs is 1. The molecule has 0 fully saturated rings. The molecule has 0 aliphatic rings. The van der Waals surface area contributed by atoms with Crippen molar-refractivity contribution >= 4 is 44.3 Å². The zero-order chi connectivity index (χ0) is 21.6. The average molecular weight is 442 g/mol. The van der Waals surface area contributed by atoms with Gasteiger partial charge in [0.15, 0.2) is 9.84 Å². The van der Waals surface area contributed by atoms with E-state index < -0.39 is 21.7 Å². The molecule has 6 nitrogen and oxygen atoms in total. The van der Waals surface area contributed by atoms with Gasteiger partial charge in [0, 0.05) is 18.3 Å². The monoisotopic (exact) mass is 442 g/mol. The Hall–Kier alpha value is -2.53. The van der Waals surface area contributed by atoms with Gasteiger partial charge in [-0.05, 0) is 30.7 Å². The average Bonchev–Trinajstić information content (AvgIpc) is 2.98. The number of anilines is 1. The van der Waals surface area contributed by atoms with Gasteiger partial charge in [-0.3, -0.25) is 0 Å². The third kappa shape index (κ3) is 3.84. The van der Waals surface area contributed by atoms with Gasteiger partial charge in [-0.25, -0.2) is 18.4 Å². The Kier molecular flexibility index (Phi) is 5.39. The van der Waals surface area contributed by atoms with E-state index in [2.05, 4.69) is 15.3 Å². The van der Waals surface area contributed by atoms with Crippen LogP contribution >= 0.6 is 12.2 Å². The first-order valence-corrected chi connectivity index (χ1v) is 10.6. The van der Waals surface area contributed by atoms with Crippen LogP contribution in [0.15, 0.2) is 29.3 Å². The second-order valence-electron chi connectivity index (χ2n) is 6.38. The Balaban J connectivity index is 2.32. The number of aromatic nitrogens is 3. The van der Waals surface area contributed by atoms with E-state index in [0.29, 0.717) is 22.3 Å². The van der Waals surface area contributed by atoms with E-state index in [0.717, 1.165) is 12.3 Å². The first kappa shape index (κ1) is 21.2. The molecule has 2 aromatic heterocycles. The van der Waals surface area contributed by atoms with E-state index in [1.165, 1.54) is 23.0 Å². The highest BCUT2D eigenvalue weighted by atomic mass is 32.2. The fraction of sp³-hybridized carbons (Fsp3) is 0.278. The van der Waals surface area contributed by atoms with Crippen LogP contribution in [0.2, 0.25) is 0 Å². The fourth-order valence-electron chi connectivity index (χ4n) is 2.98. The minimum Gasteiger partial charge on any atom is -0.352 e. The molecule has 0 amide bonds. The predicted molar refractivity (Wildman–Crippen MR) is 109 cm³/mol. The molecule has 0 bridgehead atoms.